The zero-order valence-electron chi connectivity index (χ0n) is 12.6. The number of pyridine rings is 1. The first-order valence-corrected chi connectivity index (χ1v) is 8.35. The van der Waals surface area contributed by atoms with Crippen molar-refractivity contribution in [1.82, 2.24) is 4.98 Å². The number of aliphatic hydroxyl groups excluding tert-OH is 3. The van der Waals surface area contributed by atoms with Gasteiger partial charge in [-0.25, -0.2) is 9.37 Å². The number of nitrogens with zero attached hydrogens (tertiary/aromatic N) is 1. The quantitative estimate of drug-likeness (QED) is 0.711. The maximum atomic E-state index is 14.0. The van der Waals surface area contributed by atoms with Crippen molar-refractivity contribution < 1.29 is 33.2 Å². The molecule has 4 atom stereocenters. The Balaban J connectivity index is 1.89. The molecule has 0 saturated carbocycles. The summed E-state index contributed by atoms with van der Waals surface area (Å²) in [5.74, 6) is -3.56. The van der Waals surface area contributed by atoms with Gasteiger partial charge in [-0.1, -0.05) is 0 Å². The monoisotopic (exact) mass is 373 g/mol. The van der Waals surface area contributed by atoms with E-state index in [0.717, 1.165) is 30.1 Å². The van der Waals surface area contributed by atoms with Crippen molar-refractivity contribution in [2.45, 2.75) is 23.7 Å². The molecule has 1 aromatic carbocycles. The molecule has 0 radical (unpaired) electrons. The molecule has 0 amide bonds. The van der Waals surface area contributed by atoms with Crippen molar-refractivity contribution in [3.8, 4) is 16.9 Å². The number of aromatic nitrogens is 1. The molecule has 3 N–H and O–H groups in total. The molecule has 1 fully saturated rings. The predicted molar refractivity (Wildman–Crippen MR) is 84.4 cm³/mol. The van der Waals surface area contributed by atoms with Crippen molar-refractivity contribution in [1.29, 1.82) is 0 Å². The summed E-state index contributed by atoms with van der Waals surface area (Å²) >= 11 is 0.963. The van der Waals surface area contributed by atoms with Gasteiger partial charge in [0.25, 0.3) is 0 Å². The summed E-state index contributed by atoms with van der Waals surface area (Å²) in [6.45, 7) is 0. The number of aliphatic hydroxyl groups is 3. The Labute approximate surface area is 145 Å². The van der Waals surface area contributed by atoms with Crippen LogP contribution in [-0.2, 0) is 0 Å². The first-order valence-electron chi connectivity index (χ1n) is 7.30. The average molecular weight is 373 g/mol. The fourth-order valence-electron chi connectivity index (χ4n) is 2.37. The second kappa shape index (κ2) is 7.20. The third-order valence-corrected chi connectivity index (χ3v) is 4.99. The lowest BCUT2D eigenvalue weighted by atomic mass is 10.1. The Morgan fingerprint density at radius 2 is 1.80 bits per heavy atom. The summed E-state index contributed by atoms with van der Waals surface area (Å²) in [6.07, 6.45) is -2.91. The van der Waals surface area contributed by atoms with E-state index in [1.807, 2.05) is 0 Å². The molecule has 1 aliphatic heterocycles. The first-order chi connectivity index (χ1) is 11.9. The highest BCUT2D eigenvalue weighted by Crippen LogP contribution is 2.33. The smallest absolute Gasteiger partial charge is 0.212 e. The summed E-state index contributed by atoms with van der Waals surface area (Å²) in [7, 11) is 0. The van der Waals surface area contributed by atoms with Gasteiger partial charge in [0.1, 0.15) is 12.2 Å². The lowest BCUT2D eigenvalue weighted by Crippen LogP contribution is -2.50. The van der Waals surface area contributed by atoms with Crippen LogP contribution in [-0.4, -0.2) is 49.8 Å². The van der Waals surface area contributed by atoms with Crippen molar-refractivity contribution in [2.24, 2.45) is 0 Å². The maximum absolute atomic E-state index is 14.0. The molecule has 5 nitrogen and oxygen atoms in total. The van der Waals surface area contributed by atoms with Crippen molar-refractivity contribution in [2.75, 3.05) is 5.75 Å². The van der Waals surface area contributed by atoms with Crippen molar-refractivity contribution in [3.05, 3.63) is 48.0 Å². The first kappa shape index (κ1) is 18.0. The molecule has 1 saturated heterocycles. The van der Waals surface area contributed by atoms with E-state index in [0.29, 0.717) is 5.56 Å². The minimum Gasteiger partial charge on any atom is -0.474 e. The van der Waals surface area contributed by atoms with Gasteiger partial charge in [-0.05, 0) is 29.8 Å². The second-order valence-corrected chi connectivity index (χ2v) is 6.64. The second-order valence-electron chi connectivity index (χ2n) is 5.51. The van der Waals surface area contributed by atoms with Gasteiger partial charge in [0.15, 0.2) is 17.0 Å². The minimum atomic E-state index is -1.48. The third-order valence-electron chi connectivity index (χ3n) is 3.75. The van der Waals surface area contributed by atoms with Gasteiger partial charge in [0.05, 0.1) is 6.10 Å². The summed E-state index contributed by atoms with van der Waals surface area (Å²) in [4.78, 5) is 3.45. The Morgan fingerprint density at radius 1 is 1.04 bits per heavy atom. The fraction of sp³-hybridized carbons (Fsp3) is 0.312. The summed E-state index contributed by atoms with van der Waals surface area (Å²) in [6, 6.07) is 4.54. The summed E-state index contributed by atoms with van der Waals surface area (Å²) in [5.41, 5.74) is -0.538. The van der Waals surface area contributed by atoms with Crippen LogP contribution in [0.3, 0.4) is 0 Å². The molecule has 3 rings (SSSR count). The Hall–Kier alpha value is -1.81. The molecular formula is C16H14F3NO4S. The van der Waals surface area contributed by atoms with Crippen LogP contribution < -0.4 is 4.74 Å². The number of hydrogen-bond donors (Lipinski definition) is 3. The zero-order valence-corrected chi connectivity index (χ0v) is 13.5. The van der Waals surface area contributed by atoms with Gasteiger partial charge < -0.3 is 20.1 Å². The molecule has 0 aliphatic carbocycles. The van der Waals surface area contributed by atoms with Gasteiger partial charge in [0, 0.05) is 17.5 Å². The molecule has 1 aromatic heterocycles. The SMILES string of the molecule is O[C@@H]1[C@@H](O)[C@@H](Oc2cc(-c3ccc(F)nc3)cc(F)c2F)SC[C@H]1O. The van der Waals surface area contributed by atoms with Gasteiger partial charge >= 0.3 is 0 Å². The van der Waals surface area contributed by atoms with E-state index in [-0.39, 0.29) is 11.3 Å². The van der Waals surface area contributed by atoms with Gasteiger partial charge in [-0.15, -0.1) is 11.8 Å². The van der Waals surface area contributed by atoms with Crippen LogP contribution >= 0.6 is 11.8 Å². The lowest BCUT2D eigenvalue weighted by molar-refractivity contribution is -0.0790. The number of hydrogen-bond acceptors (Lipinski definition) is 6. The molecular weight excluding hydrogens is 359 g/mol. The Kier molecular flexibility index (Phi) is 5.19. The highest BCUT2D eigenvalue weighted by Gasteiger charge is 2.39. The van der Waals surface area contributed by atoms with Gasteiger partial charge in [0.2, 0.25) is 11.8 Å². The summed E-state index contributed by atoms with van der Waals surface area (Å²) in [5, 5.41) is 29.1. The van der Waals surface area contributed by atoms with E-state index in [4.69, 9.17) is 4.74 Å². The van der Waals surface area contributed by atoms with Gasteiger partial charge in [-0.2, -0.15) is 8.78 Å². The Morgan fingerprint density at radius 3 is 2.48 bits per heavy atom. The van der Waals surface area contributed by atoms with E-state index in [2.05, 4.69) is 4.98 Å². The number of ether oxygens (including phenoxy) is 1. The molecule has 0 unspecified atom stereocenters. The molecule has 25 heavy (non-hydrogen) atoms. The summed E-state index contributed by atoms with van der Waals surface area (Å²) < 4.78 is 46.1. The number of halogens is 3. The van der Waals surface area contributed by atoms with E-state index in [9.17, 15) is 28.5 Å². The molecule has 1 aliphatic rings. The fourth-order valence-corrected chi connectivity index (χ4v) is 3.48. The topological polar surface area (TPSA) is 82.8 Å². The number of thioether (sulfide) groups is 1. The van der Waals surface area contributed by atoms with Crippen LogP contribution in [0.25, 0.3) is 11.1 Å². The molecule has 2 heterocycles. The number of rotatable bonds is 3. The molecule has 0 bridgehead atoms. The van der Waals surface area contributed by atoms with E-state index in [1.54, 1.807) is 0 Å². The largest absolute Gasteiger partial charge is 0.474 e. The average Bonchev–Trinajstić information content (AvgIpc) is 2.59. The van der Waals surface area contributed by atoms with Gasteiger partial charge in [-0.3, -0.25) is 0 Å². The van der Waals surface area contributed by atoms with E-state index >= 15 is 0 Å². The normalized spacial score (nSPS) is 26.5. The van der Waals surface area contributed by atoms with Crippen LogP contribution in [0.4, 0.5) is 13.2 Å². The lowest BCUT2D eigenvalue weighted by Gasteiger charge is -2.34. The Bertz CT molecular complexity index is 762. The molecule has 2 aromatic rings. The van der Waals surface area contributed by atoms with Crippen LogP contribution in [0, 0.1) is 17.6 Å². The highest BCUT2D eigenvalue weighted by molar-refractivity contribution is 7.99. The standard InChI is InChI=1S/C16H14F3NO4S/c17-9-3-8(7-1-2-12(18)20-5-7)4-11(13(9)19)24-16-15(23)14(22)10(21)6-25-16/h1-5,10,14-16,21-23H,6H2/t10-,14+,15-,16+/m1/s1. The minimum absolute atomic E-state index is 0.0641. The number of benzene rings is 1. The highest BCUT2D eigenvalue weighted by atomic mass is 32.2. The van der Waals surface area contributed by atoms with Crippen LogP contribution in [0.1, 0.15) is 0 Å². The van der Waals surface area contributed by atoms with Crippen molar-refractivity contribution >= 4 is 11.8 Å². The van der Waals surface area contributed by atoms with Crippen molar-refractivity contribution in [3.63, 3.8) is 0 Å². The zero-order chi connectivity index (χ0) is 18.1. The van der Waals surface area contributed by atoms with Crippen LogP contribution in [0.15, 0.2) is 30.5 Å². The van der Waals surface area contributed by atoms with E-state index in [1.165, 1.54) is 12.1 Å². The molecule has 9 heteroatoms. The third kappa shape index (κ3) is 3.74. The van der Waals surface area contributed by atoms with Crippen LogP contribution in [0.2, 0.25) is 0 Å². The van der Waals surface area contributed by atoms with E-state index < -0.39 is 47.1 Å². The van der Waals surface area contributed by atoms with Crippen LogP contribution in [0.5, 0.6) is 5.75 Å². The molecule has 134 valence electrons. The predicted octanol–water partition coefficient (Wildman–Crippen LogP) is 1.70. The maximum Gasteiger partial charge on any atom is 0.212 e. The molecule has 0 spiro atoms.